The molecule has 0 N–H and O–H groups in total. The molecule has 7 aliphatic rings. The lowest BCUT2D eigenvalue weighted by atomic mass is 9.53. The van der Waals surface area contributed by atoms with Crippen molar-refractivity contribution >= 4 is 35.5 Å². The molecule has 3 saturated heterocycles. The van der Waals surface area contributed by atoms with E-state index in [2.05, 4.69) is 0 Å². The van der Waals surface area contributed by atoms with E-state index in [4.69, 9.17) is 14.2 Å². The molecule has 7 fully saturated rings. The predicted molar refractivity (Wildman–Crippen MR) is 97.8 cm³/mol. The minimum absolute atomic E-state index is 0.0103. The highest BCUT2D eigenvalue weighted by Crippen LogP contribution is 2.74. The van der Waals surface area contributed by atoms with Crippen LogP contribution in [0.5, 0.6) is 0 Å². The molecule has 1 spiro atoms. The van der Waals surface area contributed by atoms with E-state index >= 15 is 0 Å². The van der Waals surface area contributed by atoms with Crippen molar-refractivity contribution in [2.24, 2.45) is 23.7 Å². The number of thioether (sulfide) groups is 2. The summed E-state index contributed by atoms with van der Waals surface area (Å²) in [6.45, 7) is 0.958. The molecule has 0 radical (unpaired) electrons. The van der Waals surface area contributed by atoms with E-state index in [-0.39, 0.29) is 44.6 Å². The van der Waals surface area contributed by atoms with Gasteiger partial charge < -0.3 is 14.2 Å². The Labute approximate surface area is 170 Å². The van der Waals surface area contributed by atoms with Crippen molar-refractivity contribution in [3.8, 4) is 0 Å². The summed E-state index contributed by atoms with van der Waals surface area (Å²) in [5.41, 5.74) is -0.754. The van der Waals surface area contributed by atoms with Crippen LogP contribution in [0.15, 0.2) is 0 Å². The van der Waals surface area contributed by atoms with Crippen molar-refractivity contribution in [2.45, 2.75) is 71.4 Å². The Balaban J connectivity index is 1.26. The smallest absolute Gasteiger partial charge is 0.377 e. The van der Waals surface area contributed by atoms with E-state index in [0.717, 1.165) is 12.8 Å². The van der Waals surface area contributed by atoms with Crippen molar-refractivity contribution in [3.05, 3.63) is 0 Å². The molecule has 9 heteroatoms. The second kappa shape index (κ2) is 5.58. The third-order valence-corrected chi connectivity index (χ3v) is 11.8. The van der Waals surface area contributed by atoms with E-state index < -0.39 is 17.5 Å². The number of halogens is 2. The molecule has 3 heterocycles. The van der Waals surface area contributed by atoms with Crippen LogP contribution in [0.3, 0.4) is 0 Å². The third-order valence-electron chi connectivity index (χ3n) is 7.55. The molecule has 28 heavy (non-hydrogen) atoms. The van der Waals surface area contributed by atoms with Crippen LogP contribution in [0.1, 0.15) is 39.0 Å². The molecule has 5 nitrogen and oxygen atoms in total. The Morgan fingerprint density at radius 2 is 1.93 bits per heavy atom. The predicted octanol–water partition coefficient (Wildman–Crippen LogP) is 3.21. The molecular weight excluding hydrogens is 410 g/mol. The van der Waals surface area contributed by atoms with Crippen molar-refractivity contribution in [1.82, 2.24) is 0 Å². The van der Waals surface area contributed by atoms with Crippen LogP contribution >= 0.6 is 23.5 Å². The van der Waals surface area contributed by atoms with Gasteiger partial charge in [-0.2, -0.15) is 8.78 Å². The first kappa shape index (κ1) is 18.2. The van der Waals surface area contributed by atoms with E-state index in [9.17, 15) is 18.4 Å². The van der Waals surface area contributed by atoms with E-state index in [1.807, 2.05) is 23.5 Å². The zero-order chi connectivity index (χ0) is 19.5. The summed E-state index contributed by atoms with van der Waals surface area (Å²) >= 11 is 3.72. The Morgan fingerprint density at radius 1 is 1.21 bits per heavy atom. The maximum atomic E-state index is 13.5. The highest BCUT2D eigenvalue weighted by atomic mass is 32.2. The fourth-order valence-corrected chi connectivity index (χ4v) is 11.3. The maximum Gasteiger partial charge on any atom is 0.377 e. The number of hydrogen-bond donors (Lipinski definition) is 0. The number of carbonyl (C=O) groups excluding carboxylic acids is 2. The number of carbonyl (C=O) groups is 2. The molecule has 0 aromatic carbocycles. The van der Waals surface area contributed by atoms with Crippen LogP contribution in [-0.4, -0.2) is 50.9 Å². The van der Waals surface area contributed by atoms with Crippen molar-refractivity contribution in [1.29, 1.82) is 0 Å². The van der Waals surface area contributed by atoms with Crippen LogP contribution < -0.4 is 0 Å². The number of fused-ring (bicyclic) bond motifs is 3. The van der Waals surface area contributed by atoms with Crippen LogP contribution in [0.2, 0.25) is 0 Å². The second-order valence-corrected chi connectivity index (χ2v) is 12.5. The number of esters is 2. The lowest BCUT2D eigenvalue weighted by Gasteiger charge is -2.63. The third kappa shape index (κ3) is 2.35. The molecule has 6 unspecified atom stereocenters. The van der Waals surface area contributed by atoms with Crippen molar-refractivity contribution < 1.29 is 32.6 Å². The summed E-state index contributed by atoms with van der Waals surface area (Å²) in [4.78, 5) is 24.1. The lowest BCUT2D eigenvalue weighted by Crippen LogP contribution is -2.62. The highest BCUT2D eigenvalue weighted by molar-refractivity contribution is 8.22. The summed E-state index contributed by atoms with van der Waals surface area (Å²) in [6, 6.07) is 0. The average molecular weight is 433 g/mol. The first-order valence-corrected chi connectivity index (χ1v) is 11.7. The van der Waals surface area contributed by atoms with Gasteiger partial charge in [0.1, 0.15) is 29.7 Å². The van der Waals surface area contributed by atoms with E-state index in [1.165, 1.54) is 0 Å². The second-order valence-electron chi connectivity index (χ2n) is 9.43. The number of hydrogen-bond acceptors (Lipinski definition) is 7. The van der Waals surface area contributed by atoms with Gasteiger partial charge in [0.25, 0.3) is 0 Å². The molecule has 6 atom stereocenters. The molecule has 7 rings (SSSR count). The normalized spacial score (nSPS) is 53.4. The number of ether oxygens (including phenoxy) is 3. The van der Waals surface area contributed by atoms with Gasteiger partial charge in [-0.1, -0.05) is 0 Å². The average Bonchev–Trinajstić information content (AvgIpc) is 3.21. The quantitative estimate of drug-likeness (QED) is 0.621. The van der Waals surface area contributed by atoms with E-state index in [1.54, 1.807) is 0 Å². The minimum atomic E-state index is -3.46. The topological polar surface area (TPSA) is 61.8 Å². The largest absolute Gasteiger partial charge is 0.463 e. The fraction of sp³-hybridized carbons (Fsp3) is 0.895. The zero-order valence-electron chi connectivity index (χ0n) is 15.4. The zero-order valence-corrected chi connectivity index (χ0v) is 17.0. The summed E-state index contributed by atoms with van der Waals surface area (Å²) in [5, 5.41) is 0.0981. The summed E-state index contributed by atoms with van der Waals surface area (Å²) < 4.78 is 43.7. The first-order valence-electron chi connectivity index (χ1n) is 9.98. The van der Waals surface area contributed by atoms with Crippen LogP contribution in [0, 0.1) is 23.7 Å². The van der Waals surface area contributed by atoms with Gasteiger partial charge in [0.15, 0.2) is 0 Å². The van der Waals surface area contributed by atoms with Gasteiger partial charge in [0.2, 0.25) is 0 Å². The molecule has 0 aromatic rings. The first-order chi connectivity index (χ1) is 13.2. The lowest BCUT2D eigenvalue weighted by molar-refractivity contribution is -0.208. The summed E-state index contributed by atoms with van der Waals surface area (Å²) in [6.07, 6.45) is 3.93. The molecule has 4 bridgehead atoms. The maximum absolute atomic E-state index is 13.5. The number of cyclic esters (lactones) is 1. The monoisotopic (exact) mass is 432 g/mol. The Bertz CT molecular complexity index is 739. The Morgan fingerprint density at radius 3 is 2.61 bits per heavy atom. The van der Waals surface area contributed by atoms with E-state index in [0.29, 0.717) is 38.7 Å². The number of alkyl halides is 2. The SMILES string of the molecule is CC(F)(F)C(=O)OC12CC3CC(C1)C1(SC4OC5COC(=O)C5C4S1)C(C3)C2. The van der Waals surface area contributed by atoms with Gasteiger partial charge in [0, 0.05) is 6.92 Å². The van der Waals surface area contributed by atoms with Crippen molar-refractivity contribution in [3.63, 3.8) is 0 Å². The molecule has 0 amide bonds. The summed E-state index contributed by atoms with van der Waals surface area (Å²) in [7, 11) is 0. The van der Waals surface area contributed by atoms with Crippen LogP contribution in [0.4, 0.5) is 8.78 Å². The van der Waals surface area contributed by atoms with Gasteiger partial charge in [0.05, 0.1) is 9.33 Å². The summed E-state index contributed by atoms with van der Waals surface area (Å²) in [5.74, 6) is -4.19. The van der Waals surface area contributed by atoms with Crippen LogP contribution in [0.25, 0.3) is 0 Å². The molecule has 4 aliphatic carbocycles. The molecule has 4 saturated carbocycles. The van der Waals surface area contributed by atoms with Gasteiger partial charge in [-0.3, -0.25) is 4.79 Å². The molecular formula is C19H22F2O5S2. The molecule has 3 aliphatic heterocycles. The Hall–Kier alpha value is -0.540. The highest BCUT2D eigenvalue weighted by Gasteiger charge is 2.71. The van der Waals surface area contributed by atoms with Gasteiger partial charge in [-0.05, 0) is 49.9 Å². The van der Waals surface area contributed by atoms with Gasteiger partial charge in [-0.25, -0.2) is 4.79 Å². The van der Waals surface area contributed by atoms with Crippen molar-refractivity contribution in [2.75, 3.05) is 6.61 Å². The van der Waals surface area contributed by atoms with Gasteiger partial charge >= 0.3 is 17.9 Å². The standard InChI is InChI=1S/C19H22F2O5S2/c1-17(20,21)16(23)26-18-4-8-2-9(5-18)19(10(3-8)6-18)27-13-12-11(7-24-14(12)22)25-15(13)28-19/h8-13,15H,2-7H2,1H3. The molecule has 0 aromatic heterocycles. The molecule has 154 valence electrons. The van der Waals surface area contributed by atoms with Gasteiger partial charge in [-0.15, -0.1) is 23.5 Å². The fourth-order valence-electron chi connectivity index (χ4n) is 6.70. The van der Waals surface area contributed by atoms with Crippen LogP contribution in [-0.2, 0) is 23.8 Å². The number of rotatable bonds is 2. The minimum Gasteiger partial charge on any atom is -0.463 e. The Kier molecular flexibility index (Phi) is 3.63.